The molecule has 0 bridgehead atoms. The van der Waals surface area contributed by atoms with E-state index in [-0.39, 0.29) is 23.9 Å². The lowest BCUT2D eigenvalue weighted by molar-refractivity contribution is 0.154. The standard InChI is InChI=1S/C23H18FN3O2/c24-17-6-3-5-15(12-17)21-11-9-18(25-26-21)8-10-20-19-7-2-1-4-16(19)13-27-22(20)14-29-23(27)28/h1-12,20,22H,13-14H2/b10-8+. The number of ether oxygens (including phenoxy) is 1. The van der Waals surface area contributed by atoms with Crippen LogP contribution in [0.1, 0.15) is 22.7 Å². The molecule has 1 amide bonds. The lowest BCUT2D eigenvalue weighted by Crippen LogP contribution is -2.41. The van der Waals surface area contributed by atoms with Gasteiger partial charge in [-0.2, -0.15) is 5.10 Å². The number of carbonyl (C=O) groups is 1. The molecule has 144 valence electrons. The first-order valence-electron chi connectivity index (χ1n) is 9.48. The summed E-state index contributed by atoms with van der Waals surface area (Å²) in [7, 11) is 0. The minimum absolute atomic E-state index is 0.0202. The van der Waals surface area contributed by atoms with E-state index in [4.69, 9.17) is 4.74 Å². The maximum atomic E-state index is 13.4. The second-order valence-corrected chi connectivity index (χ2v) is 7.21. The molecule has 0 radical (unpaired) electrons. The number of fused-ring (bicyclic) bond motifs is 2. The lowest BCUT2D eigenvalue weighted by atomic mass is 9.84. The van der Waals surface area contributed by atoms with Crippen LogP contribution in [0.25, 0.3) is 17.3 Å². The van der Waals surface area contributed by atoms with Crippen LogP contribution in [0.2, 0.25) is 0 Å². The van der Waals surface area contributed by atoms with Crippen LogP contribution >= 0.6 is 0 Å². The molecule has 29 heavy (non-hydrogen) atoms. The van der Waals surface area contributed by atoms with E-state index in [0.717, 1.165) is 5.56 Å². The molecule has 0 spiro atoms. The number of hydrogen-bond donors (Lipinski definition) is 0. The van der Waals surface area contributed by atoms with E-state index in [1.165, 1.54) is 17.7 Å². The SMILES string of the molecule is O=C1OCC2C(/C=C/c3ccc(-c4cccc(F)c4)nn3)c3ccccc3CN12. The van der Waals surface area contributed by atoms with Crippen molar-refractivity contribution in [1.29, 1.82) is 0 Å². The van der Waals surface area contributed by atoms with Crippen LogP contribution in [-0.2, 0) is 11.3 Å². The quantitative estimate of drug-likeness (QED) is 0.668. The Morgan fingerprint density at radius 1 is 1.07 bits per heavy atom. The van der Waals surface area contributed by atoms with E-state index >= 15 is 0 Å². The number of halogens is 1. The van der Waals surface area contributed by atoms with Crippen LogP contribution < -0.4 is 0 Å². The molecule has 5 rings (SSSR count). The highest BCUT2D eigenvalue weighted by atomic mass is 19.1. The normalized spacial score (nSPS) is 20.4. The maximum Gasteiger partial charge on any atom is 0.410 e. The van der Waals surface area contributed by atoms with Crippen molar-refractivity contribution in [3.05, 3.63) is 89.4 Å². The Morgan fingerprint density at radius 2 is 1.97 bits per heavy atom. The number of hydrogen-bond acceptors (Lipinski definition) is 4. The molecule has 0 saturated carbocycles. The van der Waals surface area contributed by atoms with Crippen LogP contribution in [0.4, 0.5) is 9.18 Å². The fourth-order valence-corrected chi connectivity index (χ4v) is 4.01. The zero-order valence-corrected chi connectivity index (χ0v) is 15.5. The molecule has 1 saturated heterocycles. The van der Waals surface area contributed by atoms with Crippen LogP contribution in [0.5, 0.6) is 0 Å². The van der Waals surface area contributed by atoms with E-state index in [9.17, 15) is 9.18 Å². The van der Waals surface area contributed by atoms with Crippen molar-refractivity contribution in [1.82, 2.24) is 15.1 Å². The van der Waals surface area contributed by atoms with Crippen molar-refractivity contribution in [2.45, 2.75) is 18.5 Å². The first-order valence-corrected chi connectivity index (χ1v) is 9.48. The van der Waals surface area contributed by atoms with Gasteiger partial charge in [0.25, 0.3) is 0 Å². The molecule has 3 heterocycles. The van der Waals surface area contributed by atoms with Gasteiger partial charge in [0, 0.05) is 18.0 Å². The second-order valence-electron chi connectivity index (χ2n) is 7.21. The molecule has 1 fully saturated rings. The van der Waals surface area contributed by atoms with E-state index in [2.05, 4.69) is 22.3 Å². The first kappa shape index (κ1) is 17.6. The smallest absolute Gasteiger partial charge is 0.410 e. The predicted octanol–water partition coefficient (Wildman–Crippen LogP) is 4.41. The minimum atomic E-state index is -0.304. The molecule has 6 heteroatoms. The number of amides is 1. The van der Waals surface area contributed by atoms with Gasteiger partial charge >= 0.3 is 6.09 Å². The van der Waals surface area contributed by atoms with Gasteiger partial charge in [-0.3, -0.25) is 4.90 Å². The molecule has 1 aromatic heterocycles. The highest BCUT2D eigenvalue weighted by Gasteiger charge is 2.42. The van der Waals surface area contributed by atoms with E-state index in [1.807, 2.05) is 36.4 Å². The van der Waals surface area contributed by atoms with E-state index < -0.39 is 0 Å². The topological polar surface area (TPSA) is 55.3 Å². The van der Waals surface area contributed by atoms with Gasteiger partial charge in [-0.1, -0.05) is 42.5 Å². The molecule has 3 aromatic rings. The minimum Gasteiger partial charge on any atom is -0.447 e. The summed E-state index contributed by atoms with van der Waals surface area (Å²) in [6.07, 6.45) is 3.71. The molecule has 2 aromatic carbocycles. The van der Waals surface area contributed by atoms with Crippen molar-refractivity contribution in [3.63, 3.8) is 0 Å². The fourth-order valence-electron chi connectivity index (χ4n) is 4.01. The zero-order valence-electron chi connectivity index (χ0n) is 15.5. The number of benzene rings is 2. The van der Waals surface area contributed by atoms with Gasteiger partial charge in [-0.05, 0) is 41.5 Å². The number of carbonyl (C=O) groups excluding carboxylic acids is 1. The number of cyclic esters (lactones) is 1. The van der Waals surface area contributed by atoms with Crippen LogP contribution in [0, 0.1) is 5.82 Å². The molecule has 2 atom stereocenters. The Balaban J connectivity index is 1.42. The molecule has 5 nitrogen and oxygen atoms in total. The number of rotatable bonds is 3. The van der Waals surface area contributed by atoms with Crippen molar-refractivity contribution in [3.8, 4) is 11.3 Å². The molecule has 2 unspecified atom stereocenters. The Hall–Kier alpha value is -3.54. The summed E-state index contributed by atoms with van der Waals surface area (Å²) >= 11 is 0. The van der Waals surface area contributed by atoms with E-state index in [0.29, 0.717) is 30.1 Å². The average molecular weight is 387 g/mol. The molecule has 2 aliphatic heterocycles. The largest absolute Gasteiger partial charge is 0.447 e. The molecule has 2 aliphatic rings. The number of nitrogens with zero attached hydrogens (tertiary/aromatic N) is 3. The third-order valence-corrected chi connectivity index (χ3v) is 5.46. The molecule has 0 aliphatic carbocycles. The summed E-state index contributed by atoms with van der Waals surface area (Å²) in [5, 5.41) is 8.47. The Bertz CT molecular complexity index is 1100. The predicted molar refractivity (Wildman–Crippen MR) is 106 cm³/mol. The average Bonchev–Trinajstić information content (AvgIpc) is 3.12. The third kappa shape index (κ3) is 3.27. The van der Waals surface area contributed by atoms with Gasteiger partial charge in [0.05, 0.1) is 17.4 Å². The van der Waals surface area contributed by atoms with Crippen LogP contribution in [-0.4, -0.2) is 33.8 Å². The summed E-state index contributed by atoms with van der Waals surface area (Å²) < 4.78 is 18.7. The van der Waals surface area contributed by atoms with E-state index in [1.54, 1.807) is 17.0 Å². The Kier molecular flexibility index (Phi) is 4.31. The highest BCUT2D eigenvalue weighted by Crippen LogP contribution is 2.37. The Labute approximate surface area is 167 Å². The van der Waals surface area contributed by atoms with Gasteiger partial charge in [-0.15, -0.1) is 5.10 Å². The van der Waals surface area contributed by atoms with Crippen LogP contribution in [0.15, 0.2) is 66.7 Å². The number of aromatic nitrogens is 2. The monoisotopic (exact) mass is 387 g/mol. The summed E-state index contributed by atoms with van der Waals surface area (Å²) in [5.41, 5.74) is 4.33. The second kappa shape index (κ2) is 7.13. The summed E-state index contributed by atoms with van der Waals surface area (Å²) in [4.78, 5) is 13.9. The van der Waals surface area contributed by atoms with Crippen molar-refractivity contribution in [2.24, 2.45) is 0 Å². The fraction of sp³-hybridized carbons (Fsp3) is 0.174. The van der Waals surface area contributed by atoms with Gasteiger partial charge in [-0.25, -0.2) is 9.18 Å². The lowest BCUT2D eigenvalue weighted by Gasteiger charge is -2.34. The maximum absolute atomic E-state index is 13.4. The van der Waals surface area contributed by atoms with Gasteiger partial charge in [0.15, 0.2) is 0 Å². The first-order chi connectivity index (χ1) is 14.2. The molecular weight excluding hydrogens is 369 g/mol. The van der Waals surface area contributed by atoms with Gasteiger partial charge in [0.2, 0.25) is 0 Å². The van der Waals surface area contributed by atoms with Crippen LogP contribution in [0.3, 0.4) is 0 Å². The summed E-state index contributed by atoms with van der Waals surface area (Å²) in [6.45, 7) is 0.957. The third-order valence-electron chi connectivity index (χ3n) is 5.46. The molecular formula is C23H18FN3O2. The van der Waals surface area contributed by atoms with Gasteiger partial charge < -0.3 is 4.74 Å². The highest BCUT2D eigenvalue weighted by molar-refractivity contribution is 5.71. The summed E-state index contributed by atoms with van der Waals surface area (Å²) in [5.74, 6) is -0.279. The molecule has 0 N–H and O–H groups in total. The van der Waals surface area contributed by atoms with Crippen molar-refractivity contribution < 1.29 is 13.9 Å². The Morgan fingerprint density at radius 3 is 2.79 bits per heavy atom. The van der Waals surface area contributed by atoms with Crippen molar-refractivity contribution in [2.75, 3.05) is 6.61 Å². The summed E-state index contributed by atoms with van der Waals surface area (Å²) in [6, 6.07) is 18.1. The van der Waals surface area contributed by atoms with Crippen molar-refractivity contribution >= 4 is 12.2 Å². The van der Waals surface area contributed by atoms with Gasteiger partial charge in [0.1, 0.15) is 12.4 Å². The zero-order chi connectivity index (χ0) is 19.8.